The van der Waals surface area contributed by atoms with Crippen LogP contribution in [-0.2, 0) is 4.79 Å². The van der Waals surface area contributed by atoms with Crippen LogP contribution in [0.4, 0.5) is 0 Å². The molecule has 0 radical (unpaired) electrons. The number of aliphatic carboxylic acids is 1. The third-order valence-electron chi connectivity index (χ3n) is 0.451. The quantitative estimate of drug-likeness (QED) is 0.409. The number of carboxylic acid groups (broad SMARTS) is 1. The third-order valence-corrected chi connectivity index (χ3v) is 1.08. The topological polar surface area (TPSA) is 40.5 Å². The molecule has 7 heavy (non-hydrogen) atoms. The molecule has 0 aromatic rings. The zero-order chi connectivity index (χ0) is 5.86. The summed E-state index contributed by atoms with van der Waals surface area (Å²) in [5.74, 6) is -0.718. The van der Waals surface area contributed by atoms with Crippen LogP contribution in [0.5, 0.6) is 0 Å². The molecule has 0 aliphatic rings. The van der Waals surface area contributed by atoms with Crippen molar-refractivity contribution in [1.82, 2.24) is 4.23 Å². The lowest BCUT2D eigenvalue weighted by molar-refractivity contribution is -0.136. The number of carbonyl (C=O) groups is 1. The number of nitrogens with zero attached hydrogens (tertiary/aromatic N) is 1. The van der Waals surface area contributed by atoms with Gasteiger partial charge in [-0.15, -0.1) is 0 Å². The van der Waals surface area contributed by atoms with Crippen molar-refractivity contribution in [2.45, 2.75) is 0 Å². The summed E-state index contributed by atoms with van der Waals surface area (Å²) in [6.07, 6.45) is 0. The van der Waals surface area contributed by atoms with Crippen LogP contribution >= 0.6 is 0 Å². The fourth-order valence-electron chi connectivity index (χ4n) is 0.271. The van der Waals surface area contributed by atoms with Crippen LogP contribution in [0.15, 0.2) is 0 Å². The van der Waals surface area contributed by atoms with Gasteiger partial charge in [0.15, 0.2) is 0 Å². The molecule has 0 rings (SSSR count). The largest absolute Gasteiger partial charge is 0.480 e. The van der Waals surface area contributed by atoms with Crippen LogP contribution in [-0.4, -0.2) is 42.7 Å². The average molecular weight is 135 g/mol. The van der Waals surface area contributed by atoms with E-state index in [1.807, 2.05) is 4.23 Å². The van der Waals surface area contributed by atoms with Gasteiger partial charge in [0.1, 0.15) is 0 Å². The van der Waals surface area contributed by atoms with Crippen LogP contribution in [0, 0.1) is 0 Å². The molecule has 0 fully saturated rings. The molecule has 0 unspecified atom stereocenters. The first-order valence-corrected chi connectivity index (χ1v) is 3.78. The summed E-state index contributed by atoms with van der Waals surface area (Å²) >= 11 is 0. The van der Waals surface area contributed by atoms with E-state index < -0.39 is 5.97 Å². The molecule has 0 aliphatic heterocycles. The van der Waals surface area contributed by atoms with E-state index >= 15 is 0 Å². The second-order valence-corrected chi connectivity index (χ2v) is 6.47. The maximum absolute atomic E-state index is 9.81. The minimum absolute atomic E-state index is 0.235. The zero-order valence-corrected chi connectivity index (χ0v) is 8.51. The first-order chi connectivity index (χ1) is 3.13. The fourth-order valence-corrected chi connectivity index (χ4v) is 0.812. The van der Waals surface area contributed by atoms with Crippen molar-refractivity contribution in [3.8, 4) is 0 Å². The van der Waals surface area contributed by atoms with Gasteiger partial charge in [-0.05, 0) is 0 Å². The SMILES string of the molecule is O=C(O)CN([SiH3])[SiH3]. The molecule has 0 amide bonds. The minimum atomic E-state index is -0.718. The standard InChI is InChI=1S/C2H9NO2Si2/c4-2(5)1-3(6)7/h1H2,6-7H3,(H,4,5). The molecule has 0 atom stereocenters. The maximum atomic E-state index is 9.81. The van der Waals surface area contributed by atoms with Crippen LogP contribution in [0.2, 0.25) is 0 Å². The molecule has 0 aliphatic carbocycles. The Morgan fingerprint density at radius 3 is 2.14 bits per heavy atom. The Bertz CT molecular complexity index is 74.1. The van der Waals surface area contributed by atoms with Gasteiger partial charge < -0.3 is 9.34 Å². The number of rotatable bonds is 2. The Morgan fingerprint density at radius 1 is 1.71 bits per heavy atom. The number of carboxylic acids is 1. The van der Waals surface area contributed by atoms with E-state index in [4.69, 9.17) is 5.11 Å². The van der Waals surface area contributed by atoms with Crippen molar-refractivity contribution in [1.29, 1.82) is 0 Å². The van der Waals surface area contributed by atoms with Gasteiger partial charge in [-0.25, -0.2) is 0 Å². The maximum Gasteiger partial charge on any atom is 0.316 e. The van der Waals surface area contributed by atoms with Gasteiger partial charge in [-0.3, -0.25) is 4.79 Å². The monoisotopic (exact) mass is 135 g/mol. The highest BCUT2D eigenvalue weighted by molar-refractivity contribution is 6.25. The number of hydrogen-bond donors (Lipinski definition) is 1. The lowest BCUT2D eigenvalue weighted by atomic mass is 10.7. The molecule has 0 spiro atoms. The lowest BCUT2D eigenvalue weighted by Crippen LogP contribution is -2.23. The van der Waals surface area contributed by atoms with E-state index in [1.165, 1.54) is 0 Å². The summed E-state index contributed by atoms with van der Waals surface area (Å²) < 4.78 is 1.88. The molecule has 0 heterocycles. The van der Waals surface area contributed by atoms with Crippen molar-refractivity contribution in [2.75, 3.05) is 6.54 Å². The Labute approximate surface area is 48.3 Å². The lowest BCUT2D eigenvalue weighted by Gasteiger charge is -2.02. The van der Waals surface area contributed by atoms with Crippen LogP contribution < -0.4 is 0 Å². The molecule has 42 valence electrons. The van der Waals surface area contributed by atoms with E-state index in [0.717, 1.165) is 20.8 Å². The van der Waals surface area contributed by atoms with E-state index in [0.29, 0.717) is 0 Å². The predicted octanol–water partition coefficient (Wildman–Crippen LogP) is -3.07. The van der Waals surface area contributed by atoms with Crippen molar-refractivity contribution < 1.29 is 9.90 Å². The van der Waals surface area contributed by atoms with Gasteiger partial charge in [0.25, 0.3) is 0 Å². The highest BCUT2D eigenvalue weighted by Crippen LogP contribution is 1.67. The van der Waals surface area contributed by atoms with Gasteiger partial charge >= 0.3 is 5.97 Å². The molecular formula is C2H9NO2Si2. The highest BCUT2D eigenvalue weighted by atomic mass is 28.2. The Balaban J connectivity index is 3.13. The highest BCUT2D eigenvalue weighted by Gasteiger charge is 1.94. The molecule has 3 nitrogen and oxygen atoms in total. The molecule has 1 N–H and O–H groups in total. The first kappa shape index (κ1) is 6.86. The predicted molar refractivity (Wildman–Crippen MR) is 34.2 cm³/mol. The minimum Gasteiger partial charge on any atom is -0.480 e. The molecule has 0 saturated carbocycles. The molecule has 0 bridgehead atoms. The van der Waals surface area contributed by atoms with E-state index in [1.54, 1.807) is 0 Å². The summed E-state index contributed by atoms with van der Waals surface area (Å²) in [5, 5.41) is 8.09. The molecule has 5 heteroatoms. The molecule has 0 aromatic heterocycles. The van der Waals surface area contributed by atoms with Gasteiger partial charge in [0.05, 0.1) is 27.4 Å². The Morgan fingerprint density at radius 2 is 2.14 bits per heavy atom. The molecular weight excluding hydrogens is 126 g/mol. The van der Waals surface area contributed by atoms with Crippen LogP contribution in [0.3, 0.4) is 0 Å². The van der Waals surface area contributed by atoms with E-state index in [9.17, 15) is 4.79 Å². The van der Waals surface area contributed by atoms with Crippen LogP contribution in [0.25, 0.3) is 0 Å². The summed E-state index contributed by atoms with van der Waals surface area (Å²) in [6.45, 7) is 0.235. The van der Waals surface area contributed by atoms with Crippen molar-refractivity contribution in [3.63, 3.8) is 0 Å². The second kappa shape index (κ2) is 2.94. The molecule has 0 aromatic carbocycles. The van der Waals surface area contributed by atoms with Gasteiger partial charge in [-0.2, -0.15) is 0 Å². The van der Waals surface area contributed by atoms with Crippen molar-refractivity contribution in [2.24, 2.45) is 0 Å². The Hall–Kier alpha value is -0.136. The van der Waals surface area contributed by atoms with Crippen LogP contribution in [0.1, 0.15) is 0 Å². The van der Waals surface area contributed by atoms with Crippen molar-refractivity contribution in [3.05, 3.63) is 0 Å². The summed E-state index contributed by atoms with van der Waals surface area (Å²) in [6, 6.07) is 0. The summed E-state index contributed by atoms with van der Waals surface area (Å²) in [5.41, 5.74) is 0. The van der Waals surface area contributed by atoms with Gasteiger partial charge in [-0.1, -0.05) is 0 Å². The van der Waals surface area contributed by atoms with E-state index in [2.05, 4.69) is 0 Å². The van der Waals surface area contributed by atoms with Gasteiger partial charge in [0, 0.05) is 0 Å². The molecule has 0 saturated heterocycles. The normalized spacial score (nSPS) is 10.4. The van der Waals surface area contributed by atoms with Gasteiger partial charge in [0.2, 0.25) is 0 Å². The first-order valence-electron chi connectivity index (χ1n) is 1.99. The summed E-state index contributed by atoms with van der Waals surface area (Å²) in [4.78, 5) is 9.81. The smallest absolute Gasteiger partial charge is 0.316 e. The number of hydrogen-bond acceptors (Lipinski definition) is 2. The fraction of sp³-hybridized carbons (Fsp3) is 0.500. The third kappa shape index (κ3) is 5.86. The Kier molecular flexibility index (Phi) is 2.89. The second-order valence-electron chi connectivity index (χ2n) is 1.63. The average Bonchev–Trinajstić information content (AvgIpc) is 1.27. The van der Waals surface area contributed by atoms with E-state index in [-0.39, 0.29) is 6.54 Å². The summed E-state index contributed by atoms with van der Waals surface area (Å²) in [7, 11) is 1.76. The van der Waals surface area contributed by atoms with Crippen molar-refractivity contribution >= 4 is 26.8 Å². The zero-order valence-electron chi connectivity index (χ0n) is 4.51.